The van der Waals surface area contributed by atoms with Gasteiger partial charge in [-0.1, -0.05) is 15.9 Å². The number of carbonyl (C=O) groups is 1. The van der Waals surface area contributed by atoms with Gasteiger partial charge in [-0.2, -0.15) is 0 Å². The van der Waals surface area contributed by atoms with Gasteiger partial charge in [-0.3, -0.25) is 4.79 Å². The van der Waals surface area contributed by atoms with Gasteiger partial charge in [-0.15, -0.1) is 11.3 Å². The third-order valence-electron chi connectivity index (χ3n) is 3.05. The lowest BCUT2D eigenvalue weighted by molar-refractivity contribution is 0.0954. The summed E-state index contributed by atoms with van der Waals surface area (Å²) in [6.07, 6.45) is 4.77. The van der Waals surface area contributed by atoms with E-state index in [0.29, 0.717) is 13.2 Å². The molecular formula is C13H18BrNO2S. The van der Waals surface area contributed by atoms with Crippen molar-refractivity contribution in [2.24, 2.45) is 0 Å². The standard InChI is InChI=1S/C13H18BrNO2S/c1-17-8-10(14)7-15-13(16)12-6-9-4-2-3-5-11(9)18-12/h6,10H,2-5,7-8H2,1H3,(H,15,16). The number of nitrogens with one attached hydrogen (secondary N) is 1. The number of rotatable bonds is 5. The fraction of sp³-hybridized carbons (Fsp3) is 0.615. The predicted octanol–water partition coefficient (Wildman–Crippen LogP) is 2.77. The van der Waals surface area contributed by atoms with E-state index in [2.05, 4.69) is 27.3 Å². The number of aryl methyl sites for hydroxylation is 2. The molecule has 0 aliphatic heterocycles. The van der Waals surface area contributed by atoms with Gasteiger partial charge in [-0.25, -0.2) is 0 Å². The lowest BCUT2D eigenvalue weighted by Crippen LogP contribution is -2.30. The van der Waals surface area contributed by atoms with Crippen LogP contribution < -0.4 is 5.32 Å². The molecule has 18 heavy (non-hydrogen) atoms. The van der Waals surface area contributed by atoms with Crippen molar-refractivity contribution in [3.63, 3.8) is 0 Å². The molecule has 1 amide bonds. The molecule has 1 aromatic heterocycles. The van der Waals surface area contributed by atoms with E-state index in [9.17, 15) is 4.79 Å². The average Bonchev–Trinajstić information content (AvgIpc) is 2.80. The quantitative estimate of drug-likeness (QED) is 0.842. The highest BCUT2D eigenvalue weighted by atomic mass is 79.9. The van der Waals surface area contributed by atoms with Crippen molar-refractivity contribution in [3.05, 3.63) is 21.4 Å². The largest absolute Gasteiger partial charge is 0.383 e. The molecule has 3 nitrogen and oxygen atoms in total. The van der Waals surface area contributed by atoms with Gasteiger partial charge in [0.2, 0.25) is 0 Å². The van der Waals surface area contributed by atoms with E-state index in [1.807, 2.05) is 0 Å². The lowest BCUT2D eigenvalue weighted by Gasteiger charge is -2.09. The Bertz CT molecular complexity index is 396. The van der Waals surface area contributed by atoms with Crippen molar-refractivity contribution in [2.75, 3.05) is 20.3 Å². The molecule has 1 aliphatic carbocycles. The monoisotopic (exact) mass is 331 g/mol. The maximum atomic E-state index is 12.0. The zero-order valence-electron chi connectivity index (χ0n) is 10.5. The molecule has 0 saturated carbocycles. The zero-order valence-corrected chi connectivity index (χ0v) is 12.9. The highest BCUT2D eigenvalue weighted by Crippen LogP contribution is 2.29. The van der Waals surface area contributed by atoms with Crippen molar-refractivity contribution in [1.82, 2.24) is 5.32 Å². The summed E-state index contributed by atoms with van der Waals surface area (Å²) < 4.78 is 5.01. The van der Waals surface area contributed by atoms with Crippen LogP contribution in [-0.4, -0.2) is 31.0 Å². The molecule has 1 heterocycles. The van der Waals surface area contributed by atoms with Gasteiger partial charge >= 0.3 is 0 Å². The third kappa shape index (κ3) is 3.56. The molecular weight excluding hydrogens is 314 g/mol. The minimum atomic E-state index is 0.0370. The molecule has 5 heteroatoms. The Morgan fingerprint density at radius 2 is 2.33 bits per heavy atom. The van der Waals surface area contributed by atoms with Crippen molar-refractivity contribution in [1.29, 1.82) is 0 Å². The summed E-state index contributed by atoms with van der Waals surface area (Å²) in [6.45, 7) is 1.19. The van der Waals surface area contributed by atoms with E-state index in [1.54, 1.807) is 18.4 Å². The summed E-state index contributed by atoms with van der Waals surface area (Å²) in [6, 6.07) is 2.06. The normalized spacial score (nSPS) is 16.1. The van der Waals surface area contributed by atoms with Crippen LogP contribution in [0.5, 0.6) is 0 Å². The number of hydrogen-bond acceptors (Lipinski definition) is 3. The van der Waals surface area contributed by atoms with Gasteiger partial charge in [0.05, 0.1) is 16.3 Å². The second-order valence-electron chi connectivity index (χ2n) is 4.53. The highest BCUT2D eigenvalue weighted by Gasteiger charge is 2.17. The second kappa shape index (κ2) is 6.68. The van der Waals surface area contributed by atoms with E-state index in [4.69, 9.17) is 4.74 Å². The van der Waals surface area contributed by atoms with Gasteiger partial charge in [-0.05, 0) is 37.3 Å². The van der Waals surface area contributed by atoms with E-state index < -0.39 is 0 Å². The molecule has 0 radical (unpaired) electrons. The first-order valence-corrected chi connectivity index (χ1v) is 7.96. The van der Waals surface area contributed by atoms with E-state index in [1.165, 1.54) is 23.3 Å². The van der Waals surface area contributed by atoms with E-state index in [-0.39, 0.29) is 10.7 Å². The smallest absolute Gasteiger partial charge is 0.261 e. The number of methoxy groups -OCH3 is 1. The van der Waals surface area contributed by atoms with Gasteiger partial charge in [0.1, 0.15) is 0 Å². The molecule has 1 aromatic rings. The topological polar surface area (TPSA) is 38.3 Å². The minimum absolute atomic E-state index is 0.0370. The first-order valence-electron chi connectivity index (χ1n) is 6.23. The van der Waals surface area contributed by atoms with E-state index >= 15 is 0 Å². The maximum Gasteiger partial charge on any atom is 0.261 e. The molecule has 1 unspecified atom stereocenters. The summed E-state index contributed by atoms with van der Waals surface area (Å²) in [7, 11) is 1.66. The first kappa shape index (κ1) is 14.0. The Morgan fingerprint density at radius 3 is 3.06 bits per heavy atom. The fourth-order valence-electron chi connectivity index (χ4n) is 2.13. The van der Waals surface area contributed by atoms with Crippen molar-refractivity contribution in [3.8, 4) is 0 Å². The Kier molecular flexibility index (Phi) is 5.21. The van der Waals surface area contributed by atoms with Gasteiger partial charge in [0.25, 0.3) is 5.91 Å². The number of alkyl halides is 1. The van der Waals surface area contributed by atoms with Crippen LogP contribution in [0, 0.1) is 0 Å². The zero-order chi connectivity index (χ0) is 13.0. The number of ether oxygens (including phenoxy) is 1. The van der Waals surface area contributed by atoms with Crippen LogP contribution >= 0.6 is 27.3 Å². The average molecular weight is 332 g/mol. The molecule has 1 aliphatic rings. The van der Waals surface area contributed by atoms with Crippen LogP contribution in [0.1, 0.15) is 33.0 Å². The maximum absolute atomic E-state index is 12.0. The highest BCUT2D eigenvalue weighted by molar-refractivity contribution is 9.09. The molecule has 0 aromatic carbocycles. The molecule has 2 rings (SSSR count). The number of carbonyl (C=O) groups excluding carboxylic acids is 1. The number of amides is 1. The molecule has 0 spiro atoms. The Labute approximate surface area is 120 Å². The second-order valence-corrected chi connectivity index (χ2v) is 6.96. The van der Waals surface area contributed by atoms with Crippen LogP contribution in [0.2, 0.25) is 0 Å². The molecule has 1 atom stereocenters. The van der Waals surface area contributed by atoms with Crippen LogP contribution in [0.15, 0.2) is 6.07 Å². The Hall–Kier alpha value is -0.390. The van der Waals surface area contributed by atoms with Gasteiger partial charge in [0.15, 0.2) is 0 Å². The molecule has 100 valence electrons. The van der Waals surface area contributed by atoms with Crippen molar-refractivity contribution >= 4 is 33.2 Å². The molecule has 0 bridgehead atoms. The molecule has 1 N–H and O–H groups in total. The predicted molar refractivity (Wildman–Crippen MR) is 77.9 cm³/mol. The number of fused-ring (bicyclic) bond motifs is 1. The van der Waals surface area contributed by atoms with Crippen LogP contribution in [0.3, 0.4) is 0 Å². The summed E-state index contributed by atoms with van der Waals surface area (Å²) in [5.41, 5.74) is 1.38. The number of thiophene rings is 1. The van der Waals surface area contributed by atoms with Gasteiger partial charge in [0, 0.05) is 18.5 Å². The first-order chi connectivity index (χ1) is 8.70. The summed E-state index contributed by atoms with van der Waals surface area (Å²) in [5.74, 6) is 0.0370. The SMILES string of the molecule is COCC(Br)CNC(=O)c1cc2c(s1)CCCC2. The molecule has 0 saturated heterocycles. The number of hydrogen-bond donors (Lipinski definition) is 1. The van der Waals surface area contributed by atoms with Crippen molar-refractivity contribution in [2.45, 2.75) is 30.5 Å². The van der Waals surface area contributed by atoms with Crippen molar-refractivity contribution < 1.29 is 9.53 Å². The van der Waals surface area contributed by atoms with E-state index in [0.717, 1.165) is 17.7 Å². The Morgan fingerprint density at radius 1 is 1.56 bits per heavy atom. The van der Waals surface area contributed by atoms with Crippen LogP contribution in [-0.2, 0) is 17.6 Å². The lowest BCUT2D eigenvalue weighted by atomic mass is 9.99. The fourth-order valence-corrected chi connectivity index (χ4v) is 3.73. The molecule has 0 fully saturated rings. The van der Waals surface area contributed by atoms with Crippen LogP contribution in [0.4, 0.5) is 0 Å². The Balaban J connectivity index is 1.90. The summed E-state index contributed by atoms with van der Waals surface area (Å²) in [4.78, 5) is 14.4. The van der Waals surface area contributed by atoms with Gasteiger partial charge < -0.3 is 10.1 Å². The summed E-state index contributed by atoms with van der Waals surface area (Å²) >= 11 is 5.11. The third-order valence-corrected chi connectivity index (χ3v) is 4.88. The number of halogens is 1. The summed E-state index contributed by atoms with van der Waals surface area (Å²) in [5, 5.41) is 2.94. The minimum Gasteiger partial charge on any atom is -0.383 e. The van der Waals surface area contributed by atoms with Crippen LogP contribution in [0.25, 0.3) is 0 Å².